The Morgan fingerprint density at radius 3 is 2.73 bits per heavy atom. The number of rotatable bonds is 5. The van der Waals surface area contributed by atoms with Gasteiger partial charge in [0.05, 0.1) is 12.7 Å². The lowest BCUT2D eigenvalue weighted by Crippen LogP contribution is -2.46. The van der Waals surface area contributed by atoms with Crippen LogP contribution in [0.25, 0.3) is 10.9 Å². The third-order valence-corrected chi connectivity index (χ3v) is 5.03. The fourth-order valence-corrected chi connectivity index (χ4v) is 3.55. The zero-order chi connectivity index (χ0) is 15.7. The van der Waals surface area contributed by atoms with Crippen LogP contribution in [0.2, 0.25) is 0 Å². The number of hydrogen-bond donors (Lipinski definition) is 1. The van der Waals surface area contributed by atoms with Gasteiger partial charge in [-0.05, 0) is 45.1 Å². The zero-order valence-electron chi connectivity index (χ0n) is 13.4. The Labute approximate surface area is 131 Å². The van der Waals surface area contributed by atoms with E-state index in [0.29, 0.717) is 5.56 Å². The molecule has 118 valence electrons. The van der Waals surface area contributed by atoms with Gasteiger partial charge in [-0.25, -0.2) is 4.79 Å². The summed E-state index contributed by atoms with van der Waals surface area (Å²) < 4.78 is 7.18. The molecule has 1 aromatic heterocycles. The van der Waals surface area contributed by atoms with Crippen molar-refractivity contribution < 1.29 is 9.53 Å². The Kier molecular flexibility index (Phi) is 3.96. The van der Waals surface area contributed by atoms with E-state index in [1.165, 1.54) is 13.5 Å². The molecule has 22 heavy (non-hydrogen) atoms. The summed E-state index contributed by atoms with van der Waals surface area (Å²) in [5.74, 6) is -0.262. The van der Waals surface area contributed by atoms with Crippen molar-refractivity contribution in [2.75, 3.05) is 7.11 Å². The number of esters is 1. The summed E-state index contributed by atoms with van der Waals surface area (Å²) in [5, 5.41) is 0.970. The Hall–Kier alpha value is -1.81. The highest BCUT2D eigenvalue weighted by Crippen LogP contribution is 2.34. The maximum atomic E-state index is 12.1. The minimum absolute atomic E-state index is 0.0576. The molecule has 0 radical (unpaired) electrons. The Bertz CT molecular complexity index is 698. The summed E-state index contributed by atoms with van der Waals surface area (Å²) in [5.41, 5.74) is 9.13. The molecule has 0 spiro atoms. The van der Waals surface area contributed by atoms with E-state index in [2.05, 4.69) is 10.6 Å². The second-order valence-corrected chi connectivity index (χ2v) is 6.44. The van der Waals surface area contributed by atoms with Gasteiger partial charge in [-0.1, -0.05) is 18.2 Å². The maximum absolute atomic E-state index is 12.1. The molecule has 0 amide bonds. The van der Waals surface area contributed by atoms with Gasteiger partial charge in [0.1, 0.15) is 0 Å². The lowest BCUT2D eigenvalue weighted by Gasteiger charge is -2.38. The molecule has 0 unspecified atom stereocenters. The number of benzene rings is 1. The minimum atomic E-state index is -0.262. The number of aryl methyl sites for hydroxylation is 1. The fraction of sp³-hybridized carbons (Fsp3) is 0.500. The minimum Gasteiger partial charge on any atom is -0.465 e. The number of nitrogens with two attached hydrogens (primary N) is 1. The average Bonchev–Trinajstić information content (AvgIpc) is 2.77. The third kappa shape index (κ3) is 2.52. The Morgan fingerprint density at radius 2 is 2.09 bits per heavy atom. The molecule has 0 atom stereocenters. The Morgan fingerprint density at radius 1 is 1.36 bits per heavy atom. The summed E-state index contributed by atoms with van der Waals surface area (Å²) in [7, 11) is 1.43. The first-order valence-corrected chi connectivity index (χ1v) is 8.01. The van der Waals surface area contributed by atoms with Crippen molar-refractivity contribution >= 4 is 16.9 Å². The molecule has 0 saturated heterocycles. The lowest BCUT2D eigenvalue weighted by molar-refractivity contribution is 0.0602. The van der Waals surface area contributed by atoms with Crippen LogP contribution in [-0.4, -0.2) is 23.2 Å². The molecule has 1 fully saturated rings. The second kappa shape index (κ2) is 5.76. The summed E-state index contributed by atoms with van der Waals surface area (Å²) in [4.78, 5) is 12.1. The largest absolute Gasteiger partial charge is 0.465 e. The highest BCUT2D eigenvalue weighted by atomic mass is 16.5. The van der Waals surface area contributed by atoms with Crippen molar-refractivity contribution in [3.8, 4) is 0 Å². The van der Waals surface area contributed by atoms with E-state index >= 15 is 0 Å². The predicted octanol–water partition coefficient (Wildman–Crippen LogP) is 3.40. The van der Waals surface area contributed by atoms with Crippen molar-refractivity contribution in [3.63, 3.8) is 0 Å². The first kappa shape index (κ1) is 15.1. The van der Waals surface area contributed by atoms with Crippen molar-refractivity contribution in [2.45, 2.75) is 51.1 Å². The summed E-state index contributed by atoms with van der Waals surface area (Å²) in [6.07, 6.45) is 5.63. The van der Waals surface area contributed by atoms with E-state index in [1.54, 1.807) is 0 Å². The van der Waals surface area contributed by atoms with Gasteiger partial charge in [0.2, 0.25) is 0 Å². The van der Waals surface area contributed by atoms with Crippen LogP contribution in [0, 0.1) is 6.92 Å². The molecular formula is C18H24N2O2. The molecule has 0 aliphatic heterocycles. The summed E-state index contributed by atoms with van der Waals surface area (Å²) in [6, 6.07) is 8.02. The van der Waals surface area contributed by atoms with E-state index in [4.69, 9.17) is 10.5 Å². The van der Waals surface area contributed by atoms with Crippen LogP contribution in [0.15, 0.2) is 24.3 Å². The van der Waals surface area contributed by atoms with Gasteiger partial charge in [0.15, 0.2) is 0 Å². The van der Waals surface area contributed by atoms with Crippen LogP contribution >= 0.6 is 0 Å². The molecular weight excluding hydrogens is 276 g/mol. The van der Waals surface area contributed by atoms with Crippen LogP contribution in [0.5, 0.6) is 0 Å². The fourth-order valence-electron chi connectivity index (χ4n) is 3.55. The van der Waals surface area contributed by atoms with Gasteiger partial charge in [-0.3, -0.25) is 0 Å². The highest BCUT2D eigenvalue weighted by molar-refractivity contribution is 6.05. The molecule has 3 rings (SSSR count). The number of carbonyl (C=O) groups excluding carboxylic acids is 1. The van der Waals surface area contributed by atoms with E-state index in [9.17, 15) is 4.79 Å². The average molecular weight is 300 g/mol. The number of para-hydroxylation sites is 1. The van der Waals surface area contributed by atoms with Crippen molar-refractivity contribution in [3.05, 3.63) is 35.5 Å². The van der Waals surface area contributed by atoms with E-state index in [1.807, 2.05) is 25.1 Å². The predicted molar refractivity (Wildman–Crippen MR) is 88.0 cm³/mol. The van der Waals surface area contributed by atoms with Crippen LogP contribution < -0.4 is 5.73 Å². The first-order chi connectivity index (χ1) is 10.6. The SMILES string of the molecule is COC(=O)c1c(C)n(CCCC2(N)CCC2)c2ccccc12. The molecule has 1 heterocycles. The molecule has 1 aliphatic rings. The topological polar surface area (TPSA) is 57.2 Å². The highest BCUT2D eigenvalue weighted by Gasteiger charge is 2.31. The van der Waals surface area contributed by atoms with Gasteiger partial charge in [0, 0.05) is 28.7 Å². The normalized spacial score (nSPS) is 16.5. The molecule has 0 bridgehead atoms. The molecule has 4 nitrogen and oxygen atoms in total. The van der Waals surface area contributed by atoms with E-state index < -0.39 is 0 Å². The number of aromatic nitrogens is 1. The monoisotopic (exact) mass is 300 g/mol. The molecule has 2 N–H and O–H groups in total. The second-order valence-electron chi connectivity index (χ2n) is 6.44. The van der Waals surface area contributed by atoms with Crippen molar-refractivity contribution in [1.29, 1.82) is 0 Å². The van der Waals surface area contributed by atoms with E-state index in [0.717, 1.165) is 48.8 Å². The lowest BCUT2D eigenvalue weighted by atomic mass is 9.75. The molecule has 1 aromatic carbocycles. The van der Waals surface area contributed by atoms with Crippen molar-refractivity contribution in [2.24, 2.45) is 5.73 Å². The number of methoxy groups -OCH3 is 1. The molecule has 2 aromatic rings. The van der Waals surface area contributed by atoms with Crippen LogP contribution in [0.4, 0.5) is 0 Å². The van der Waals surface area contributed by atoms with Gasteiger partial charge in [-0.2, -0.15) is 0 Å². The standard InChI is InChI=1S/C18H24N2O2/c1-13-16(17(21)22-2)14-7-3-4-8-15(14)20(13)12-6-11-18(19)9-5-10-18/h3-4,7-8H,5-6,9-12,19H2,1-2H3. The maximum Gasteiger partial charge on any atom is 0.340 e. The van der Waals surface area contributed by atoms with Gasteiger partial charge < -0.3 is 15.0 Å². The third-order valence-electron chi connectivity index (χ3n) is 5.03. The van der Waals surface area contributed by atoms with Crippen LogP contribution in [0.1, 0.15) is 48.2 Å². The number of carbonyl (C=O) groups is 1. The van der Waals surface area contributed by atoms with Gasteiger partial charge >= 0.3 is 5.97 Å². The number of fused-ring (bicyclic) bond motifs is 1. The summed E-state index contributed by atoms with van der Waals surface area (Å²) >= 11 is 0. The molecule has 4 heteroatoms. The number of hydrogen-bond acceptors (Lipinski definition) is 3. The van der Waals surface area contributed by atoms with Gasteiger partial charge in [0.25, 0.3) is 0 Å². The van der Waals surface area contributed by atoms with E-state index in [-0.39, 0.29) is 11.5 Å². The number of nitrogens with zero attached hydrogens (tertiary/aromatic N) is 1. The van der Waals surface area contributed by atoms with Gasteiger partial charge in [-0.15, -0.1) is 0 Å². The number of ether oxygens (including phenoxy) is 1. The summed E-state index contributed by atoms with van der Waals surface area (Å²) in [6.45, 7) is 2.89. The quantitative estimate of drug-likeness (QED) is 0.861. The van der Waals surface area contributed by atoms with Crippen molar-refractivity contribution in [1.82, 2.24) is 4.57 Å². The molecule has 1 saturated carbocycles. The van der Waals surface area contributed by atoms with Crippen LogP contribution in [-0.2, 0) is 11.3 Å². The zero-order valence-corrected chi connectivity index (χ0v) is 13.4. The van der Waals surface area contributed by atoms with Crippen LogP contribution in [0.3, 0.4) is 0 Å². The smallest absolute Gasteiger partial charge is 0.340 e. The molecule has 1 aliphatic carbocycles. The first-order valence-electron chi connectivity index (χ1n) is 8.01. The Balaban J connectivity index is 1.88.